The molecule has 8 nitrogen and oxygen atoms in total. The van der Waals surface area contributed by atoms with Crippen molar-refractivity contribution < 1.29 is 0 Å². The van der Waals surface area contributed by atoms with Crippen LogP contribution in [0, 0.1) is 13.8 Å². The van der Waals surface area contributed by atoms with Crippen LogP contribution in [-0.4, -0.2) is 44.1 Å². The van der Waals surface area contributed by atoms with E-state index in [4.69, 9.17) is 15.1 Å². The first-order valence-corrected chi connectivity index (χ1v) is 18.4. The molecule has 1 aliphatic carbocycles. The van der Waals surface area contributed by atoms with E-state index >= 15 is 0 Å². The molecule has 0 bridgehead atoms. The third-order valence-electron chi connectivity index (χ3n) is 10.8. The second-order valence-corrected chi connectivity index (χ2v) is 14.5. The second-order valence-electron chi connectivity index (χ2n) is 14.5. The van der Waals surface area contributed by atoms with Crippen LogP contribution in [0.3, 0.4) is 0 Å². The lowest BCUT2D eigenvalue weighted by molar-refractivity contribution is 0.285. The molecular weight excluding hydrogens is 641 g/mol. The Morgan fingerprint density at radius 1 is 1.12 bits per heavy atom. The van der Waals surface area contributed by atoms with Gasteiger partial charge in [0.15, 0.2) is 0 Å². The highest BCUT2D eigenvalue weighted by Crippen LogP contribution is 2.39. The Balaban J connectivity index is 1.34. The molecular formula is C44H50N8. The molecule has 0 fully saturated rings. The maximum atomic E-state index is 5.52. The van der Waals surface area contributed by atoms with Gasteiger partial charge in [-0.05, 0) is 130 Å². The minimum absolute atomic E-state index is 0.114. The molecule has 266 valence electrons. The SMILES string of the molecule is C=Cc1c(C(CC)N(C)C)nc(CCc2ccn3ccnc3c2)c(C2=NNC(=C)C2)c1/C(C)=C/c1ccnc(NC2CCc3c(C)cccc32)c1C. The molecule has 5 heterocycles. The zero-order valence-electron chi connectivity index (χ0n) is 31.4. The smallest absolute Gasteiger partial charge is 0.136 e. The van der Waals surface area contributed by atoms with Gasteiger partial charge in [-0.3, -0.25) is 10.4 Å². The fourth-order valence-corrected chi connectivity index (χ4v) is 8.09. The minimum atomic E-state index is 0.114. The third kappa shape index (κ3) is 6.71. The zero-order chi connectivity index (χ0) is 36.5. The van der Waals surface area contributed by atoms with Crippen molar-refractivity contribution in [2.75, 3.05) is 19.4 Å². The number of nitrogens with one attached hydrogen (secondary N) is 2. The van der Waals surface area contributed by atoms with E-state index in [1.54, 1.807) is 0 Å². The number of nitrogens with zero attached hydrogens (tertiary/aromatic N) is 6. The molecule has 2 atom stereocenters. The molecule has 7 rings (SSSR count). The molecule has 0 radical (unpaired) electrons. The number of rotatable bonds is 12. The van der Waals surface area contributed by atoms with Gasteiger partial charge < -0.3 is 14.6 Å². The Morgan fingerprint density at radius 2 is 1.96 bits per heavy atom. The lowest BCUT2D eigenvalue weighted by Gasteiger charge is -2.28. The van der Waals surface area contributed by atoms with Gasteiger partial charge in [-0.2, -0.15) is 5.10 Å². The highest BCUT2D eigenvalue weighted by atomic mass is 15.3. The summed E-state index contributed by atoms with van der Waals surface area (Å²) in [5, 5.41) is 8.64. The molecule has 4 aromatic heterocycles. The Kier molecular flexibility index (Phi) is 9.93. The third-order valence-corrected chi connectivity index (χ3v) is 10.8. The van der Waals surface area contributed by atoms with E-state index in [9.17, 15) is 0 Å². The zero-order valence-corrected chi connectivity index (χ0v) is 31.4. The van der Waals surface area contributed by atoms with Crippen LogP contribution in [0.15, 0.2) is 85.1 Å². The van der Waals surface area contributed by atoms with Crippen LogP contribution in [0.1, 0.15) is 107 Å². The van der Waals surface area contributed by atoms with Gasteiger partial charge in [-0.25, -0.2) is 9.97 Å². The summed E-state index contributed by atoms with van der Waals surface area (Å²) < 4.78 is 2.04. The molecule has 2 aliphatic rings. The number of imidazole rings is 1. The fraction of sp³-hybridized carbons (Fsp3) is 0.318. The number of benzene rings is 1. The topological polar surface area (TPSA) is 82.7 Å². The van der Waals surface area contributed by atoms with Crippen molar-refractivity contribution >= 4 is 34.9 Å². The summed E-state index contributed by atoms with van der Waals surface area (Å²) >= 11 is 0. The first-order chi connectivity index (χ1) is 25.2. The molecule has 2 N–H and O–H groups in total. The number of hydrogen-bond acceptors (Lipinski definition) is 7. The summed E-state index contributed by atoms with van der Waals surface area (Å²) in [4.78, 5) is 17.1. The molecule has 1 aliphatic heterocycles. The minimum Gasteiger partial charge on any atom is -0.363 e. The normalized spacial score (nSPS) is 16.3. The molecule has 0 saturated carbocycles. The lowest BCUT2D eigenvalue weighted by Crippen LogP contribution is -2.24. The van der Waals surface area contributed by atoms with Crippen LogP contribution in [-0.2, 0) is 19.3 Å². The second kappa shape index (κ2) is 14.7. The van der Waals surface area contributed by atoms with Crippen LogP contribution >= 0.6 is 0 Å². The van der Waals surface area contributed by atoms with Gasteiger partial charge in [-0.1, -0.05) is 50.4 Å². The number of anilines is 1. The highest BCUT2D eigenvalue weighted by Gasteiger charge is 2.29. The number of allylic oxidation sites excluding steroid dienone is 2. The van der Waals surface area contributed by atoms with Crippen molar-refractivity contribution in [1.29, 1.82) is 0 Å². The van der Waals surface area contributed by atoms with E-state index in [0.29, 0.717) is 6.42 Å². The lowest BCUT2D eigenvalue weighted by atomic mass is 9.85. The van der Waals surface area contributed by atoms with Crippen molar-refractivity contribution in [2.45, 2.75) is 78.3 Å². The van der Waals surface area contributed by atoms with E-state index in [0.717, 1.165) is 99.8 Å². The first kappa shape index (κ1) is 35.1. The first-order valence-electron chi connectivity index (χ1n) is 18.4. The summed E-state index contributed by atoms with van der Waals surface area (Å²) in [6.07, 6.45) is 17.4. The van der Waals surface area contributed by atoms with Crippen molar-refractivity contribution in [3.63, 3.8) is 0 Å². The number of hydrazone groups is 1. The Labute approximate surface area is 308 Å². The summed E-state index contributed by atoms with van der Waals surface area (Å²) in [5.41, 5.74) is 20.1. The molecule has 52 heavy (non-hydrogen) atoms. The van der Waals surface area contributed by atoms with E-state index in [1.165, 1.54) is 22.3 Å². The number of aryl methyl sites for hydroxylation is 3. The fourth-order valence-electron chi connectivity index (χ4n) is 8.09. The summed E-state index contributed by atoms with van der Waals surface area (Å²) in [7, 11) is 4.26. The highest BCUT2D eigenvalue weighted by molar-refractivity contribution is 6.09. The van der Waals surface area contributed by atoms with E-state index in [1.807, 2.05) is 29.1 Å². The number of fused-ring (bicyclic) bond motifs is 2. The molecule has 0 saturated heterocycles. The standard InChI is InChI=1S/C44H50N8/c1-9-33-41(28(4)24-32-18-20-46-44(30(32)6)48-36-17-15-34-27(3)12-11-13-35(34)36)42(38-25-29(5)49-50-38)37(47-43(33)39(10-2)51(7)8)16-14-31-19-22-52-23-21-45-40(52)26-31/h9,11-13,18-24,26,36,39,49H,1,5,10,14-17,25H2,2-4,6-8H3,(H,46,48)/b28-24+. The predicted molar refractivity (Wildman–Crippen MR) is 215 cm³/mol. The van der Waals surface area contributed by atoms with Crippen molar-refractivity contribution in [1.82, 2.24) is 29.7 Å². The van der Waals surface area contributed by atoms with Crippen molar-refractivity contribution in [2.24, 2.45) is 5.10 Å². The number of hydrogen-bond donors (Lipinski definition) is 2. The van der Waals surface area contributed by atoms with Gasteiger partial charge in [0.05, 0.1) is 29.2 Å². The van der Waals surface area contributed by atoms with Gasteiger partial charge in [0.25, 0.3) is 0 Å². The van der Waals surface area contributed by atoms with Gasteiger partial charge in [0, 0.05) is 48.0 Å². The number of pyridine rings is 3. The van der Waals surface area contributed by atoms with E-state index < -0.39 is 0 Å². The molecule has 5 aromatic rings. The Hall–Kier alpha value is -5.34. The average Bonchev–Trinajstić information content (AvgIpc) is 3.89. The quantitative estimate of drug-likeness (QED) is 0.136. The van der Waals surface area contributed by atoms with Crippen LogP contribution in [0.25, 0.3) is 23.4 Å². The summed E-state index contributed by atoms with van der Waals surface area (Å²) in [6.45, 7) is 17.4. The van der Waals surface area contributed by atoms with Crippen LogP contribution in [0.5, 0.6) is 0 Å². The summed E-state index contributed by atoms with van der Waals surface area (Å²) in [5.74, 6) is 0.926. The number of aromatic nitrogens is 4. The Morgan fingerprint density at radius 3 is 2.71 bits per heavy atom. The largest absolute Gasteiger partial charge is 0.363 e. The monoisotopic (exact) mass is 690 g/mol. The molecule has 0 spiro atoms. The Bertz CT molecular complexity index is 2240. The van der Waals surface area contributed by atoms with Gasteiger partial charge in [0.1, 0.15) is 11.5 Å². The van der Waals surface area contributed by atoms with Gasteiger partial charge >= 0.3 is 0 Å². The summed E-state index contributed by atoms with van der Waals surface area (Å²) in [6, 6.07) is 13.5. The van der Waals surface area contributed by atoms with Gasteiger partial charge in [-0.15, -0.1) is 0 Å². The maximum Gasteiger partial charge on any atom is 0.136 e. The van der Waals surface area contributed by atoms with Crippen molar-refractivity contribution in [3.05, 3.63) is 141 Å². The van der Waals surface area contributed by atoms with Gasteiger partial charge in [0.2, 0.25) is 0 Å². The van der Waals surface area contributed by atoms with Crippen LogP contribution < -0.4 is 10.7 Å². The average molecular weight is 691 g/mol. The molecule has 8 heteroatoms. The van der Waals surface area contributed by atoms with Crippen LogP contribution in [0.4, 0.5) is 5.82 Å². The van der Waals surface area contributed by atoms with Crippen molar-refractivity contribution in [3.8, 4) is 0 Å². The van der Waals surface area contributed by atoms with E-state index in [-0.39, 0.29) is 12.1 Å². The van der Waals surface area contributed by atoms with Crippen LogP contribution in [0.2, 0.25) is 0 Å². The predicted octanol–water partition coefficient (Wildman–Crippen LogP) is 9.05. The maximum absolute atomic E-state index is 5.52. The molecule has 0 amide bonds. The molecule has 2 unspecified atom stereocenters. The van der Waals surface area contributed by atoms with E-state index in [2.05, 4.69) is 124 Å². The molecule has 1 aromatic carbocycles.